The molecular formula is C8H14ClNO2. The second kappa shape index (κ2) is 4.21. The standard InChI is InChI=1S/C8H13NO2.ClH/c10-4-3-9-5-7-1-2-8(6-9)11-7;/h4,7-8H,1-3,5-6H2;1H. The summed E-state index contributed by atoms with van der Waals surface area (Å²) in [5, 5.41) is 0. The third-order valence-electron chi connectivity index (χ3n) is 2.45. The number of hydrogen-bond donors (Lipinski definition) is 0. The summed E-state index contributed by atoms with van der Waals surface area (Å²) >= 11 is 0. The second-order valence-electron chi connectivity index (χ2n) is 3.34. The van der Waals surface area contributed by atoms with Crippen molar-refractivity contribution in [2.24, 2.45) is 0 Å². The van der Waals surface area contributed by atoms with E-state index in [2.05, 4.69) is 4.90 Å². The Morgan fingerprint density at radius 1 is 1.33 bits per heavy atom. The third kappa shape index (κ3) is 1.97. The highest BCUT2D eigenvalue weighted by atomic mass is 35.5. The number of fused-ring (bicyclic) bond motifs is 2. The van der Waals surface area contributed by atoms with Gasteiger partial charge in [-0.3, -0.25) is 4.90 Å². The van der Waals surface area contributed by atoms with Gasteiger partial charge < -0.3 is 9.53 Å². The normalized spacial score (nSPS) is 34.3. The maximum absolute atomic E-state index is 10.2. The Hall–Kier alpha value is -0.120. The summed E-state index contributed by atoms with van der Waals surface area (Å²) in [6.45, 7) is 2.49. The van der Waals surface area contributed by atoms with E-state index in [1.807, 2.05) is 0 Å². The van der Waals surface area contributed by atoms with Crippen molar-refractivity contribution in [1.29, 1.82) is 0 Å². The number of ether oxygens (including phenoxy) is 1. The lowest BCUT2D eigenvalue weighted by Gasteiger charge is -2.30. The molecule has 0 aromatic heterocycles. The van der Waals surface area contributed by atoms with E-state index in [-0.39, 0.29) is 12.4 Å². The molecule has 12 heavy (non-hydrogen) atoms. The van der Waals surface area contributed by atoms with Gasteiger partial charge >= 0.3 is 0 Å². The van der Waals surface area contributed by atoms with Gasteiger partial charge in [0, 0.05) is 13.1 Å². The van der Waals surface area contributed by atoms with Crippen LogP contribution in [0.2, 0.25) is 0 Å². The number of aldehydes is 1. The largest absolute Gasteiger partial charge is 0.372 e. The number of carbonyl (C=O) groups excluding carboxylic acids is 1. The molecule has 2 fully saturated rings. The highest BCUT2D eigenvalue weighted by Crippen LogP contribution is 2.25. The van der Waals surface area contributed by atoms with Gasteiger partial charge in [0.1, 0.15) is 6.29 Å². The maximum Gasteiger partial charge on any atom is 0.133 e. The summed E-state index contributed by atoms with van der Waals surface area (Å²) in [7, 11) is 0. The van der Waals surface area contributed by atoms with E-state index in [4.69, 9.17) is 4.74 Å². The van der Waals surface area contributed by atoms with Crippen molar-refractivity contribution < 1.29 is 9.53 Å². The summed E-state index contributed by atoms with van der Waals surface area (Å²) < 4.78 is 5.62. The first-order chi connectivity index (χ1) is 5.38. The molecule has 3 nitrogen and oxygen atoms in total. The summed E-state index contributed by atoms with van der Waals surface area (Å²) in [6.07, 6.45) is 4.16. The molecule has 0 aliphatic carbocycles. The van der Waals surface area contributed by atoms with Crippen LogP contribution in [0.4, 0.5) is 0 Å². The number of carbonyl (C=O) groups is 1. The molecule has 2 bridgehead atoms. The molecule has 2 aliphatic heterocycles. The monoisotopic (exact) mass is 191 g/mol. The molecule has 0 aromatic rings. The topological polar surface area (TPSA) is 29.5 Å². The third-order valence-corrected chi connectivity index (χ3v) is 2.45. The van der Waals surface area contributed by atoms with E-state index < -0.39 is 0 Å². The van der Waals surface area contributed by atoms with E-state index in [0.717, 1.165) is 19.4 Å². The highest BCUT2D eigenvalue weighted by Gasteiger charge is 2.33. The predicted molar refractivity (Wildman–Crippen MR) is 47.6 cm³/mol. The first-order valence-corrected chi connectivity index (χ1v) is 4.20. The van der Waals surface area contributed by atoms with Crippen molar-refractivity contribution in [3.05, 3.63) is 0 Å². The molecule has 2 saturated heterocycles. The molecule has 0 radical (unpaired) electrons. The zero-order chi connectivity index (χ0) is 7.68. The lowest BCUT2D eigenvalue weighted by Crippen LogP contribution is -2.43. The highest BCUT2D eigenvalue weighted by molar-refractivity contribution is 5.85. The van der Waals surface area contributed by atoms with Gasteiger partial charge in [0.05, 0.1) is 18.8 Å². The van der Waals surface area contributed by atoms with Gasteiger partial charge in [0.2, 0.25) is 0 Å². The quantitative estimate of drug-likeness (QED) is 0.595. The summed E-state index contributed by atoms with van der Waals surface area (Å²) in [4.78, 5) is 12.4. The maximum atomic E-state index is 10.2. The molecule has 4 heteroatoms. The van der Waals surface area contributed by atoms with Gasteiger partial charge in [0.25, 0.3) is 0 Å². The summed E-state index contributed by atoms with van der Waals surface area (Å²) in [6, 6.07) is 0. The Morgan fingerprint density at radius 2 is 1.92 bits per heavy atom. The fourth-order valence-corrected chi connectivity index (χ4v) is 1.95. The molecule has 70 valence electrons. The van der Waals surface area contributed by atoms with Crippen LogP contribution < -0.4 is 0 Å². The van der Waals surface area contributed by atoms with Crippen molar-refractivity contribution in [2.45, 2.75) is 25.0 Å². The SMILES string of the molecule is Cl.O=CCN1CC2CCC(C1)O2. The molecule has 0 saturated carbocycles. The van der Waals surface area contributed by atoms with Crippen LogP contribution in [0.25, 0.3) is 0 Å². The minimum atomic E-state index is 0. The molecule has 0 aromatic carbocycles. The van der Waals surface area contributed by atoms with Crippen LogP contribution in [0.15, 0.2) is 0 Å². The lowest BCUT2D eigenvalue weighted by atomic mass is 10.2. The summed E-state index contributed by atoms with van der Waals surface area (Å²) in [5.74, 6) is 0. The first-order valence-electron chi connectivity index (χ1n) is 4.20. The summed E-state index contributed by atoms with van der Waals surface area (Å²) in [5.41, 5.74) is 0. The molecule has 2 heterocycles. The first kappa shape index (κ1) is 9.96. The number of nitrogens with zero attached hydrogens (tertiary/aromatic N) is 1. The van der Waals surface area contributed by atoms with Crippen molar-refractivity contribution in [2.75, 3.05) is 19.6 Å². The Bertz CT molecular complexity index is 153. The minimum Gasteiger partial charge on any atom is -0.372 e. The zero-order valence-electron chi connectivity index (χ0n) is 6.94. The van der Waals surface area contributed by atoms with Gasteiger partial charge in [-0.15, -0.1) is 12.4 Å². The van der Waals surface area contributed by atoms with Crippen LogP contribution in [-0.2, 0) is 9.53 Å². The van der Waals surface area contributed by atoms with E-state index in [1.54, 1.807) is 0 Å². The number of halogens is 1. The number of morpholine rings is 1. The Morgan fingerprint density at radius 3 is 2.42 bits per heavy atom. The average Bonchev–Trinajstić information content (AvgIpc) is 2.32. The average molecular weight is 192 g/mol. The van der Waals surface area contributed by atoms with Crippen LogP contribution in [0.3, 0.4) is 0 Å². The van der Waals surface area contributed by atoms with Gasteiger partial charge in [-0.05, 0) is 12.8 Å². The van der Waals surface area contributed by atoms with Crippen LogP contribution >= 0.6 is 12.4 Å². The smallest absolute Gasteiger partial charge is 0.133 e. The molecular weight excluding hydrogens is 178 g/mol. The van der Waals surface area contributed by atoms with Crippen LogP contribution in [-0.4, -0.2) is 43.0 Å². The molecule has 2 aliphatic rings. The van der Waals surface area contributed by atoms with Crippen LogP contribution in [0.1, 0.15) is 12.8 Å². The Labute approximate surface area is 78.5 Å². The van der Waals surface area contributed by atoms with Gasteiger partial charge in [-0.25, -0.2) is 0 Å². The zero-order valence-corrected chi connectivity index (χ0v) is 7.76. The van der Waals surface area contributed by atoms with Crippen molar-refractivity contribution in [3.63, 3.8) is 0 Å². The van der Waals surface area contributed by atoms with Crippen molar-refractivity contribution in [3.8, 4) is 0 Å². The van der Waals surface area contributed by atoms with Crippen LogP contribution in [0, 0.1) is 0 Å². The van der Waals surface area contributed by atoms with Crippen molar-refractivity contribution >= 4 is 18.7 Å². The number of rotatable bonds is 2. The van der Waals surface area contributed by atoms with Gasteiger partial charge in [-0.1, -0.05) is 0 Å². The number of hydrogen-bond acceptors (Lipinski definition) is 3. The molecule has 2 atom stereocenters. The van der Waals surface area contributed by atoms with E-state index >= 15 is 0 Å². The molecule has 2 unspecified atom stereocenters. The molecule has 2 rings (SSSR count). The van der Waals surface area contributed by atoms with Gasteiger partial charge in [0.15, 0.2) is 0 Å². The fourth-order valence-electron chi connectivity index (χ4n) is 1.95. The molecule has 0 amide bonds. The molecule has 0 spiro atoms. The predicted octanol–water partition coefficient (Wildman–Crippen LogP) is 0.470. The lowest BCUT2D eigenvalue weighted by molar-refractivity contribution is -0.111. The van der Waals surface area contributed by atoms with E-state index in [9.17, 15) is 4.79 Å². The van der Waals surface area contributed by atoms with Crippen LogP contribution in [0.5, 0.6) is 0 Å². The van der Waals surface area contributed by atoms with E-state index in [0.29, 0.717) is 18.8 Å². The second-order valence-corrected chi connectivity index (χ2v) is 3.34. The Kier molecular flexibility index (Phi) is 3.50. The molecule has 0 N–H and O–H groups in total. The Balaban J connectivity index is 0.000000720. The van der Waals surface area contributed by atoms with Crippen molar-refractivity contribution in [1.82, 2.24) is 4.90 Å². The van der Waals surface area contributed by atoms with Gasteiger partial charge in [-0.2, -0.15) is 0 Å². The number of likely N-dealkylation sites (tertiary alicyclic amines) is 1. The van der Waals surface area contributed by atoms with E-state index in [1.165, 1.54) is 12.8 Å². The minimum absolute atomic E-state index is 0. The fraction of sp³-hybridized carbons (Fsp3) is 0.875.